The first-order valence-corrected chi connectivity index (χ1v) is 5.36. The van der Waals surface area contributed by atoms with Crippen LogP contribution in [0.25, 0.3) is 0 Å². The average molecular weight is 252 g/mol. The zero-order valence-corrected chi connectivity index (χ0v) is 9.67. The van der Waals surface area contributed by atoms with Gasteiger partial charge in [-0.2, -0.15) is 0 Å². The minimum atomic E-state index is -1.17. The molecule has 1 saturated heterocycles. The Hall–Kier alpha value is -2.15. The third-order valence-electron chi connectivity index (χ3n) is 2.85. The fraction of sp³-hybridized carbons (Fsp3) is 0.364. The number of carboxylic acids is 1. The zero-order valence-electron chi connectivity index (χ0n) is 9.67. The van der Waals surface area contributed by atoms with Crippen molar-refractivity contribution >= 4 is 17.8 Å². The molecule has 1 aromatic heterocycles. The topological polar surface area (TPSA) is 99.9 Å². The van der Waals surface area contributed by atoms with Crippen LogP contribution in [0.1, 0.15) is 23.0 Å². The van der Waals surface area contributed by atoms with Crippen LogP contribution < -0.4 is 5.32 Å². The second kappa shape index (κ2) is 4.61. The Morgan fingerprint density at radius 2 is 2.33 bits per heavy atom. The van der Waals surface area contributed by atoms with Gasteiger partial charge in [-0.1, -0.05) is 0 Å². The largest absolute Gasteiger partial charge is 0.475 e. The van der Waals surface area contributed by atoms with Crippen molar-refractivity contribution in [3.05, 3.63) is 23.7 Å². The highest BCUT2D eigenvalue weighted by Gasteiger charge is 2.31. The van der Waals surface area contributed by atoms with Gasteiger partial charge in [0.1, 0.15) is 0 Å². The lowest BCUT2D eigenvalue weighted by atomic mass is 10.1. The quantitative estimate of drug-likeness (QED) is 0.724. The van der Waals surface area contributed by atoms with Gasteiger partial charge in [-0.15, -0.1) is 0 Å². The molecule has 0 aromatic carbocycles. The summed E-state index contributed by atoms with van der Waals surface area (Å²) >= 11 is 0. The normalized spacial score (nSPS) is 20.8. The number of aromatic carboxylic acids is 1. The molecule has 2 heterocycles. The van der Waals surface area contributed by atoms with Crippen molar-refractivity contribution in [3.63, 3.8) is 0 Å². The number of amides is 2. The molecule has 1 unspecified atom stereocenters. The summed E-state index contributed by atoms with van der Waals surface area (Å²) in [5.74, 6) is -2.11. The molecule has 1 aliphatic rings. The third kappa shape index (κ3) is 2.25. The fourth-order valence-electron chi connectivity index (χ4n) is 1.83. The number of rotatable bonds is 3. The predicted molar refractivity (Wildman–Crippen MR) is 58.7 cm³/mol. The van der Waals surface area contributed by atoms with E-state index in [9.17, 15) is 14.4 Å². The van der Waals surface area contributed by atoms with Crippen molar-refractivity contribution in [2.45, 2.75) is 19.5 Å². The molecule has 1 fully saturated rings. The summed E-state index contributed by atoms with van der Waals surface area (Å²) in [4.78, 5) is 35.2. The summed E-state index contributed by atoms with van der Waals surface area (Å²) in [7, 11) is 0. The maximum absolute atomic E-state index is 11.4. The molecule has 7 nitrogen and oxygen atoms in total. The van der Waals surface area contributed by atoms with Crippen LogP contribution in [0.2, 0.25) is 0 Å². The number of carbonyl (C=O) groups excluding carboxylic acids is 2. The van der Waals surface area contributed by atoms with Gasteiger partial charge >= 0.3 is 5.97 Å². The summed E-state index contributed by atoms with van der Waals surface area (Å²) in [6.45, 7) is 1.89. The van der Waals surface area contributed by atoms with Crippen LogP contribution in [-0.2, 0) is 16.1 Å². The molecule has 0 radical (unpaired) electrons. The van der Waals surface area contributed by atoms with E-state index in [2.05, 4.69) is 5.32 Å². The number of furan rings is 1. The van der Waals surface area contributed by atoms with Crippen LogP contribution in [0.4, 0.5) is 0 Å². The summed E-state index contributed by atoms with van der Waals surface area (Å²) in [5.41, 5.74) is 0.442. The second-order valence-corrected chi connectivity index (χ2v) is 4.07. The van der Waals surface area contributed by atoms with Gasteiger partial charge in [0, 0.05) is 12.1 Å². The standard InChI is InChI=1S/C11H12N2O5/c1-6-10(15)12-8(14)5-13(6)4-7-2-3-18-9(7)11(16)17/h2-3,6H,4-5H2,1H3,(H,16,17)(H,12,14,15). The Balaban J connectivity index is 2.17. The van der Waals surface area contributed by atoms with E-state index >= 15 is 0 Å². The van der Waals surface area contributed by atoms with Gasteiger partial charge in [-0.05, 0) is 13.0 Å². The van der Waals surface area contributed by atoms with Crippen molar-refractivity contribution in [1.29, 1.82) is 0 Å². The number of hydrogen-bond acceptors (Lipinski definition) is 5. The Bertz CT molecular complexity index is 507. The smallest absolute Gasteiger partial charge is 0.372 e. The minimum absolute atomic E-state index is 0.0527. The SMILES string of the molecule is CC1C(=O)NC(=O)CN1Cc1ccoc1C(=O)O. The monoisotopic (exact) mass is 252 g/mol. The van der Waals surface area contributed by atoms with Crippen molar-refractivity contribution in [1.82, 2.24) is 10.2 Å². The molecular formula is C11H12N2O5. The lowest BCUT2D eigenvalue weighted by Gasteiger charge is -2.31. The maximum Gasteiger partial charge on any atom is 0.372 e. The van der Waals surface area contributed by atoms with E-state index in [1.165, 1.54) is 12.3 Å². The number of nitrogens with zero attached hydrogens (tertiary/aromatic N) is 1. The molecule has 2 rings (SSSR count). The van der Waals surface area contributed by atoms with Gasteiger partial charge in [-0.3, -0.25) is 19.8 Å². The number of carbonyl (C=O) groups is 3. The van der Waals surface area contributed by atoms with Crippen LogP contribution in [-0.4, -0.2) is 40.4 Å². The average Bonchev–Trinajstić information content (AvgIpc) is 2.73. The Kier molecular flexibility index (Phi) is 3.15. The predicted octanol–water partition coefficient (Wildman–Crippen LogP) is -0.175. The molecule has 18 heavy (non-hydrogen) atoms. The van der Waals surface area contributed by atoms with E-state index in [0.29, 0.717) is 5.56 Å². The van der Waals surface area contributed by atoms with Crippen molar-refractivity contribution in [2.75, 3.05) is 6.54 Å². The summed E-state index contributed by atoms with van der Waals surface area (Å²) in [6.07, 6.45) is 1.27. The van der Waals surface area contributed by atoms with Crippen LogP contribution in [0.3, 0.4) is 0 Å². The van der Waals surface area contributed by atoms with Gasteiger partial charge in [0.25, 0.3) is 0 Å². The lowest BCUT2D eigenvalue weighted by molar-refractivity contribution is -0.139. The van der Waals surface area contributed by atoms with E-state index in [1.807, 2.05) is 0 Å². The van der Waals surface area contributed by atoms with E-state index in [4.69, 9.17) is 9.52 Å². The summed E-state index contributed by atoms with van der Waals surface area (Å²) in [6, 6.07) is 1.03. The summed E-state index contributed by atoms with van der Waals surface area (Å²) in [5, 5.41) is 11.1. The molecule has 0 saturated carbocycles. The molecule has 1 atom stereocenters. The maximum atomic E-state index is 11.4. The zero-order chi connectivity index (χ0) is 13.3. The molecular weight excluding hydrogens is 240 g/mol. The summed E-state index contributed by atoms with van der Waals surface area (Å²) < 4.78 is 4.84. The fourth-order valence-corrected chi connectivity index (χ4v) is 1.83. The number of piperazine rings is 1. The minimum Gasteiger partial charge on any atom is -0.475 e. The van der Waals surface area contributed by atoms with Crippen LogP contribution >= 0.6 is 0 Å². The molecule has 1 aliphatic heterocycles. The molecule has 0 aliphatic carbocycles. The molecule has 7 heteroatoms. The van der Waals surface area contributed by atoms with Gasteiger partial charge in [-0.25, -0.2) is 4.79 Å². The van der Waals surface area contributed by atoms with Crippen molar-refractivity contribution < 1.29 is 23.9 Å². The molecule has 96 valence electrons. The Labute approximate surface area is 102 Å². The second-order valence-electron chi connectivity index (χ2n) is 4.07. The van der Waals surface area contributed by atoms with Gasteiger partial charge < -0.3 is 9.52 Å². The lowest BCUT2D eigenvalue weighted by Crippen LogP contribution is -2.56. The molecule has 0 spiro atoms. The van der Waals surface area contributed by atoms with Gasteiger partial charge in [0.2, 0.25) is 17.6 Å². The highest BCUT2D eigenvalue weighted by molar-refractivity contribution is 6.00. The number of hydrogen-bond donors (Lipinski definition) is 2. The van der Waals surface area contributed by atoms with Crippen LogP contribution in [0.5, 0.6) is 0 Å². The van der Waals surface area contributed by atoms with Gasteiger partial charge in [0.15, 0.2) is 0 Å². The van der Waals surface area contributed by atoms with E-state index in [-0.39, 0.29) is 24.8 Å². The number of carboxylic acid groups (broad SMARTS) is 1. The molecule has 2 amide bonds. The number of imide groups is 1. The van der Waals surface area contributed by atoms with E-state index < -0.39 is 17.9 Å². The molecule has 0 bridgehead atoms. The Morgan fingerprint density at radius 1 is 1.61 bits per heavy atom. The van der Waals surface area contributed by atoms with Crippen LogP contribution in [0, 0.1) is 0 Å². The van der Waals surface area contributed by atoms with Crippen molar-refractivity contribution in [3.8, 4) is 0 Å². The highest BCUT2D eigenvalue weighted by atomic mass is 16.4. The third-order valence-corrected chi connectivity index (χ3v) is 2.85. The van der Waals surface area contributed by atoms with E-state index in [0.717, 1.165) is 0 Å². The molecule has 2 N–H and O–H groups in total. The highest BCUT2D eigenvalue weighted by Crippen LogP contribution is 2.16. The van der Waals surface area contributed by atoms with Crippen molar-refractivity contribution in [2.24, 2.45) is 0 Å². The van der Waals surface area contributed by atoms with Crippen LogP contribution in [0.15, 0.2) is 16.7 Å². The van der Waals surface area contributed by atoms with E-state index in [1.54, 1.807) is 11.8 Å². The first-order chi connectivity index (χ1) is 8.49. The van der Waals surface area contributed by atoms with Gasteiger partial charge in [0.05, 0.1) is 18.8 Å². The first-order valence-electron chi connectivity index (χ1n) is 5.36. The molecule has 1 aromatic rings. The Morgan fingerprint density at radius 3 is 3.00 bits per heavy atom. The number of nitrogens with one attached hydrogen (secondary N) is 1. The first kappa shape index (κ1) is 12.3.